The lowest BCUT2D eigenvalue weighted by Gasteiger charge is -2.60. The van der Waals surface area contributed by atoms with Crippen molar-refractivity contribution >= 4 is 11.9 Å². The summed E-state index contributed by atoms with van der Waals surface area (Å²) in [4.78, 5) is 24.9. The molecule has 1 heterocycles. The number of aliphatic carboxylic acids is 1. The second kappa shape index (κ2) is 8.44. The molecule has 6 nitrogen and oxygen atoms in total. The molecule has 3 fully saturated rings. The van der Waals surface area contributed by atoms with Gasteiger partial charge in [0.05, 0.1) is 23.4 Å². The number of carbonyl (C=O) groups excluding carboxylic acids is 1. The van der Waals surface area contributed by atoms with Crippen LogP contribution in [0.25, 0.3) is 0 Å². The fourth-order valence-electron chi connectivity index (χ4n) is 8.26. The zero-order valence-corrected chi connectivity index (χ0v) is 19.8. The Labute approximate surface area is 196 Å². The quantitative estimate of drug-likeness (QED) is 0.402. The van der Waals surface area contributed by atoms with Crippen LogP contribution in [0.5, 0.6) is 0 Å². The van der Waals surface area contributed by atoms with Crippen molar-refractivity contribution in [3.63, 3.8) is 0 Å². The third kappa shape index (κ3) is 3.38. The Morgan fingerprint density at radius 2 is 2.03 bits per heavy atom. The van der Waals surface area contributed by atoms with Crippen LogP contribution in [-0.2, 0) is 19.1 Å². The highest BCUT2D eigenvalue weighted by Gasteiger charge is 2.71. The van der Waals surface area contributed by atoms with E-state index in [1.54, 1.807) is 0 Å². The predicted molar refractivity (Wildman–Crippen MR) is 122 cm³/mol. The van der Waals surface area contributed by atoms with Crippen LogP contribution in [0.2, 0.25) is 0 Å². The van der Waals surface area contributed by atoms with E-state index in [9.17, 15) is 19.8 Å². The SMILES string of the molecule is CCCCCOC1=CC2=CC[C@@H]3C4CC[C@@]5(C(=O)OC[C@]24CC1)[C@H]3CC[C@@]5(O)CCC(=O)O. The Morgan fingerprint density at radius 3 is 2.82 bits per heavy atom. The lowest BCUT2D eigenvalue weighted by Crippen LogP contribution is -2.63. The molecule has 6 heteroatoms. The van der Waals surface area contributed by atoms with E-state index < -0.39 is 17.0 Å². The van der Waals surface area contributed by atoms with Gasteiger partial charge in [-0.15, -0.1) is 0 Å². The van der Waals surface area contributed by atoms with Gasteiger partial charge in [-0.3, -0.25) is 9.59 Å². The molecule has 2 N–H and O–H groups in total. The molecule has 1 saturated heterocycles. The molecular formula is C27H38O6. The number of cyclic esters (lactones) is 1. The zero-order valence-electron chi connectivity index (χ0n) is 19.8. The van der Waals surface area contributed by atoms with E-state index in [0.29, 0.717) is 31.3 Å². The van der Waals surface area contributed by atoms with E-state index in [-0.39, 0.29) is 30.1 Å². The first kappa shape index (κ1) is 22.9. The minimum atomic E-state index is -1.28. The number of hydrogen-bond donors (Lipinski definition) is 2. The van der Waals surface area contributed by atoms with Crippen molar-refractivity contribution in [3.8, 4) is 0 Å². The number of carboxylic acids is 1. The molecular weight excluding hydrogens is 420 g/mol. The fraction of sp³-hybridized carbons (Fsp3) is 0.778. The Bertz CT molecular complexity index is 876. The van der Waals surface area contributed by atoms with Gasteiger partial charge in [-0.2, -0.15) is 0 Å². The Balaban J connectivity index is 1.44. The molecule has 5 rings (SSSR count). The minimum absolute atomic E-state index is 0.0631. The van der Waals surface area contributed by atoms with Gasteiger partial charge in [0.25, 0.3) is 0 Å². The summed E-state index contributed by atoms with van der Waals surface area (Å²) in [5.74, 6) is 0.685. The van der Waals surface area contributed by atoms with Crippen molar-refractivity contribution < 1.29 is 29.3 Å². The normalized spacial score (nSPS) is 41.2. The molecule has 1 unspecified atom stereocenters. The molecule has 5 aliphatic rings. The summed E-state index contributed by atoms with van der Waals surface area (Å²) >= 11 is 0. The summed E-state index contributed by atoms with van der Waals surface area (Å²) in [6.07, 6.45) is 13.5. The number of carbonyl (C=O) groups is 2. The summed E-state index contributed by atoms with van der Waals surface area (Å²) in [5, 5.41) is 20.9. The van der Waals surface area contributed by atoms with Crippen molar-refractivity contribution in [2.24, 2.45) is 28.6 Å². The molecule has 0 aromatic carbocycles. The Morgan fingerprint density at radius 1 is 1.21 bits per heavy atom. The van der Waals surface area contributed by atoms with Gasteiger partial charge in [-0.05, 0) is 80.8 Å². The number of unbranched alkanes of at least 4 members (excludes halogenated alkanes) is 2. The molecule has 1 aliphatic heterocycles. The average Bonchev–Trinajstić information content (AvgIpc) is 3.12. The van der Waals surface area contributed by atoms with E-state index in [2.05, 4.69) is 19.1 Å². The topological polar surface area (TPSA) is 93.1 Å². The van der Waals surface area contributed by atoms with E-state index in [0.717, 1.165) is 50.9 Å². The standard InChI is InChI=1S/C27H38O6/c1-2-3-4-15-32-19-7-11-25-17-33-24(30)27-14-9-21(25)20(6-5-18(25)16-19)22(27)8-12-26(27,31)13-10-23(28)29/h5,16,20-22,31H,2-4,6-15,17H2,1H3,(H,28,29)/t20-,21?,22+,25-,26-,27+/m1/s1. The largest absolute Gasteiger partial charge is 0.498 e. The number of hydrogen-bond acceptors (Lipinski definition) is 5. The highest BCUT2D eigenvalue weighted by atomic mass is 16.5. The van der Waals surface area contributed by atoms with Crippen LogP contribution in [0.4, 0.5) is 0 Å². The zero-order chi connectivity index (χ0) is 23.3. The molecule has 0 amide bonds. The summed E-state index contributed by atoms with van der Waals surface area (Å²) in [5.41, 5.74) is -1.10. The number of esters is 1. The lowest BCUT2D eigenvalue weighted by atomic mass is 9.46. The third-order valence-corrected chi connectivity index (χ3v) is 9.86. The first-order valence-corrected chi connectivity index (χ1v) is 13.0. The number of ether oxygens (including phenoxy) is 2. The van der Waals surface area contributed by atoms with Gasteiger partial charge in [-0.1, -0.05) is 25.8 Å². The second-order valence-electron chi connectivity index (χ2n) is 11.1. The minimum Gasteiger partial charge on any atom is -0.498 e. The maximum Gasteiger partial charge on any atom is 0.315 e. The van der Waals surface area contributed by atoms with Crippen LogP contribution >= 0.6 is 0 Å². The molecule has 33 heavy (non-hydrogen) atoms. The molecule has 4 aliphatic carbocycles. The highest BCUT2D eigenvalue weighted by Crippen LogP contribution is 2.69. The average molecular weight is 459 g/mol. The van der Waals surface area contributed by atoms with E-state index >= 15 is 0 Å². The molecule has 2 spiro atoms. The van der Waals surface area contributed by atoms with Gasteiger partial charge in [-0.25, -0.2) is 0 Å². The molecule has 182 valence electrons. The first-order chi connectivity index (χ1) is 15.9. The van der Waals surface area contributed by atoms with E-state index in [1.807, 2.05) is 0 Å². The first-order valence-electron chi connectivity index (χ1n) is 13.0. The van der Waals surface area contributed by atoms with Crippen molar-refractivity contribution in [2.45, 2.75) is 89.6 Å². The fourth-order valence-corrected chi connectivity index (χ4v) is 8.26. The molecule has 6 atom stereocenters. The van der Waals surface area contributed by atoms with Crippen LogP contribution in [0.15, 0.2) is 23.5 Å². The van der Waals surface area contributed by atoms with Crippen LogP contribution < -0.4 is 0 Å². The van der Waals surface area contributed by atoms with Crippen LogP contribution in [0.1, 0.15) is 84.0 Å². The highest BCUT2D eigenvalue weighted by molar-refractivity contribution is 5.80. The smallest absolute Gasteiger partial charge is 0.315 e. The van der Waals surface area contributed by atoms with Crippen molar-refractivity contribution in [1.29, 1.82) is 0 Å². The summed E-state index contributed by atoms with van der Waals surface area (Å²) < 4.78 is 12.2. The van der Waals surface area contributed by atoms with Gasteiger partial charge in [0.15, 0.2) is 0 Å². The lowest BCUT2D eigenvalue weighted by molar-refractivity contribution is -0.210. The Hall–Kier alpha value is -1.82. The maximum absolute atomic E-state index is 13.7. The van der Waals surface area contributed by atoms with Gasteiger partial charge in [0, 0.05) is 18.3 Å². The number of fused-ring (bicyclic) bond motifs is 2. The third-order valence-electron chi connectivity index (χ3n) is 9.86. The number of carboxylic acid groups (broad SMARTS) is 1. The number of aliphatic hydroxyl groups is 1. The molecule has 0 radical (unpaired) electrons. The van der Waals surface area contributed by atoms with E-state index in [4.69, 9.17) is 9.47 Å². The van der Waals surface area contributed by atoms with Crippen LogP contribution in [0, 0.1) is 28.6 Å². The van der Waals surface area contributed by atoms with Gasteiger partial charge < -0.3 is 19.7 Å². The number of rotatable bonds is 8. The number of allylic oxidation sites excluding steroid dienone is 3. The summed E-state index contributed by atoms with van der Waals surface area (Å²) in [6.45, 7) is 3.32. The van der Waals surface area contributed by atoms with Crippen molar-refractivity contribution in [3.05, 3.63) is 23.5 Å². The molecule has 0 aromatic heterocycles. The van der Waals surface area contributed by atoms with Crippen LogP contribution in [-0.4, -0.2) is 41.0 Å². The van der Waals surface area contributed by atoms with Crippen LogP contribution in [0.3, 0.4) is 0 Å². The molecule has 2 saturated carbocycles. The molecule has 2 bridgehead atoms. The van der Waals surface area contributed by atoms with Crippen molar-refractivity contribution in [1.82, 2.24) is 0 Å². The summed E-state index contributed by atoms with van der Waals surface area (Å²) in [7, 11) is 0. The maximum atomic E-state index is 13.7. The predicted octanol–water partition coefficient (Wildman–Crippen LogP) is 4.76. The monoisotopic (exact) mass is 458 g/mol. The van der Waals surface area contributed by atoms with Gasteiger partial charge >= 0.3 is 11.9 Å². The second-order valence-corrected chi connectivity index (χ2v) is 11.1. The molecule has 0 aromatic rings. The summed E-state index contributed by atoms with van der Waals surface area (Å²) in [6, 6.07) is 0. The van der Waals surface area contributed by atoms with Gasteiger partial charge in [0.2, 0.25) is 0 Å². The van der Waals surface area contributed by atoms with E-state index in [1.165, 1.54) is 18.4 Å². The Kier molecular flexibility index (Phi) is 5.87. The van der Waals surface area contributed by atoms with Gasteiger partial charge in [0.1, 0.15) is 6.61 Å². The van der Waals surface area contributed by atoms with Crippen molar-refractivity contribution in [2.75, 3.05) is 13.2 Å².